The maximum Gasteiger partial charge on any atom is 0.354 e. The van der Waals surface area contributed by atoms with Gasteiger partial charge in [-0.2, -0.15) is 11.8 Å². The first kappa shape index (κ1) is 9.29. The number of aliphatic carboxylic acids is 1. The number of carboxylic acids is 1. The molecule has 0 radical (unpaired) electrons. The predicted molar refractivity (Wildman–Crippen MR) is 39.8 cm³/mol. The lowest BCUT2D eigenvalue weighted by Crippen LogP contribution is -2.23. The van der Waals surface area contributed by atoms with E-state index >= 15 is 0 Å². The first-order valence-electron chi connectivity index (χ1n) is 2.61. The quantitative estimate of drug-likeness (QED) is 0.364. The van der Waals surface area contributed by atoms with Crippen molar-refractivity contribution in [2.75, 3.05) is 6.26 Å². The fraction of sp³-hybridized carbons (Fsp3) is 0.600. The highest BCUT2D eigenvalue weighted by Gasteiger charge is 2.17. The van der Waals surface area contributed by atoms with Crippen LogP contribution in [0.2, 0.25) is 0 Å². The number of rotatable bonds is 3. The van der Waals surface area contributed by atoms with Gasteiger partial charge < -0.3 is 10.3 Å². The smallest absolute Gasteiger partial charge is 0.354 e. The summed E-state index contributed by atoms with van der Waals surface area (Å²) in [6, 6.07) is 0. The molecule has 0 heterocycles. The fourth-order valence-electron chi connectivity index (χ4n) is 0.410. The Bertz CT molecular complexity index is 157. The Balaban J connectivity index is 4.23. The van der Waals surface area contributed by atoms with Crippen LogP contribution >= 0.6 is 11.8 Å². The van der Waals surface area contributed by atoms with Crippen molar-refractivity contribution in [3.63, 3.8) is 0 Å². The lowest BCUT2D eigenvalue weighted by Gasteiger charge is -2.03. The summed E-state index contributed by atoms with van der Waals surface area (Å²) in [7, 11) is 0. The minimum absolute atomic E-state index is 0.215. The third-order valence-corrected chi connectivity index (χ3v) is 2.00. The van der Waals surface area contributed by atoms with Gasteiger partial charge in [0.15, 0.2) is 5.71 Å². The summed E-state index contributed by atoms with van der Waals surface area (Å²) < 4.78 is 0. The van der Waals surface area contributed by atoms with E-state index in [0.717, 1.165) is 0 Å². The van der Waals surface area contributed by atoms with Crippen LogP contribution in [0.3, 0.4) is 0 Å². The van der Waals surface area contributed by atoms with Crippen molar-refractivity contribution < 1.29 is 15.1 Å². The number of thioether (sulfide) groups is 1. The van der Waals surface area contributed by atoms with E-state index in [-0.39, 0.29) is 11.0 Å². The summed E-state index contributed by atoms with van der Waals surface area (Å²) in [5, 5.41) is 18.9. The molecule has 58 valence electrons. The molecule has 0 aliphatic rings. The van der Waals surface area contributed by atoms with Gasteiger partial charge in [-0.05, 0) is 13.2 Å². The molecule has 0 bridgehead atoms. The molecule has 0 aliphatic heterocycles. The molecule has 0 fully saturated rings. The third kappa shape index (κ3) is 2.26. The number of hydrogen-bond donors (Lipinski definition) is 2. The van der Waals surface area contributed by atoms with E-state index in [1.807, 2.05) is 0 Å². The van der Waals surface area contributed by atoms with Crippen LogP contribution in [-0.4, -0.2) is 33.5 Å². The van der Waals surface area contributed by atoms with Crippen LogP contribution < -0.4 is 0 Å². The largest absolute Gasteiger partial charge is 0.477 e. The average Bonchev–Trinajstić information content (AvgIpc) is 1.88. The molecule has 10 heavy (non-hydrogen) atoms. The lowest BCUT2D eigenvalue weighted by molar-refractivity contribution is -0.129. The van der Waals surface area contributed by atoms with E-state index in [1.54, 1.807) is 13.2 Å². The standard InChI is InChI=1S/C5H9NO3S/c1-3(10-2)4(6-9)5(7)8/h3,9H,1-2H3,(H,7,8). The number of hydrogen-bond acceptors (Lipinski definition) is 4. The molecule has 0 aromatic rings. The van der Waals surface area contributed by atoms with Crippen molar-refractivity contribution in [3.8, 4) is 0 Å². The molecule has 2 N–H and O–H groups in total. The molecule has 0 aromatic heterocycles. The van der Waals surface area contributed by atoms with Crippen molar-refractivity contribution in [2.24, 2.45) is 5.16 Å². The van der Waals surface area contributed by atoms with Gasteiger partial charge in [0, 0.05) is 0 Å². The normalized spacial score (nSPS) is 14.8. The van der Waals surface area contributed by atoms with Crippen molar-refractivity contribution in [1.29, 1.82) is 0 Å². The van der Waals surface area contributed by atoms with Crippen LogP contribution in [-0.2, 0) is 4.79 Å². The second-order valence-corrected chi connectivity index (χ2v) is 2.85. The predicted octanol–water partition coefficient (Wildman–Crippen LogP) is 0.653. The van der Waals surface area contributed by atoms with Gasteiger partial charge >= 0.3 is 5.97 Å². The minimum atomic E-state index is -1.18. The van der Waals surface area contributed by atoms with E-state index in [1.165, 1.54) is 11.8 Å². The SMILES string of the molecule is CSC(C)C(=NO)C(=O)O. The molecule has 0 saturated carbocycles. The maximum atomic E-state index is 10.2. The van der Waals surface area contributed by atoms with Crippen molar-refractivity contribution in [1.82, 2.24) is 0 Å². The Morgan fingerprint density at radius 3 is 2.30 bits per heavy atom. The van der Waals surface area contributed by atoms with Gasteiger partial charge in [-0.1, -0.05) is 5.16 Å². The molecular weight excluding hydrogens is 154 g/mol. The zero-order valence-corrected chi connectivity index (χ0v) is 6.55. The average molecular weight is 163 g/mol. The molecule has 5 heteroatoms. The van der Waals surface area contributed by atoms with Crippen LogP contribution in [0.25, 0.3) is 0 Å². The van der Waals surface area contributed by atoms with Crippen molar-refractivity contribution in [3.05, 3.63) is 0 Å². The first-order chi connectivity index (χ1) is 4.63. The number of nitrogens with zero attached hydrogens (tertiary/aromatic N) is 1. The molecule has 0 amide bonds. The lowest BCUT2D eigenvalue weighted by atomic mass is 10.3. The van der Waals surface area contributed by atoms with Crippen LogP contribution in [0, 0.1) is 0 Å². The number of carboxylic acid groups (broad SMARTS) is 1. The molecule has 0 aromatic carbocycles. The zero-order valence-electron chi connectivity index (χ0n) is 5.74. The van der Waals surface area contributed by atoms with Gasteiger partial charge in [0.25, 0.3) is 0 Å². The topological polar surface area (TPSA) is 69.9 Å². The minimum Gasteiger partial charge on any atom is -0.477 e. The Morgan fingerprint density at radius 2 is 2.20 bits per heavy atom. The van der Waals surface area contributed by atoms with Gasteiger partial charge in [-0.3, -0.25) is 0 Å². The van der Waals surface area contributed by atoms with Crippen molar-refractivity contribution in [2.45, 2.75) is 12.2 Å². The summed E-state index contributed by atoms with van der Waals surface area (Å²) in [5.74, 6) is -1.18. The van der Waals surface area contributed by atoms with Crippen LogP contribution in [0.1, 0.15) is 6.92 Å². The first-order valence-corrected chi connectivity index (χ1v) is 3.90. The summed E-state index contributed by atoms with van der Waals surface area (Å²) in [4.78, 5) is 10.2. The molecule has 0 aliphatic carbocycles. The Hall–Kier alpha value is -0.710. The molecular formula is C5H9NO3S. The second-order valence-electron chi connectivity index (χ2n) is 1.67. The Kier molecular flexibility index (Phi) is 3.87. The Labute approximate surface area is 62.9 Å². The van der Waals surface area contributed by atoms with E-state index in [0.29, 0.717) is 0 Å². The van der Waals surface area contributed by atoms with Crippen molar-refractivity contribution >= 4 is 23.4 Å². The zero-order chi connectivity index (χ0) is 8.15. The van der Waals surface area contributed by atoms with E-state index < -0.39 is 5.97 Å². The van der Waals surface area contributed by atoms with Crippen LogP contribution in [0.4, 0.5) is 0 Å². The molecule has 1 atom stereocenters. The van der Waals surface area contributed by atoms with Gasteiger partial charge in [0.05, 0.1) is 5.25 Å². The molecule has 4 nitrogen and oxygen atoms in total. The Morgan fingerprint density at radius 1 is 1.70 bits per heavy atom. The highest BCUT2D eigenvalue weighted by Crippen LogP contribution is 2.06. The summed E-state index contributed by atoms with van der Waals surface area (Å²) in [5.41, 5.74) is -0.215. The van der Waals surface area contributed by atoms with Crippen LogP contribution in [0.5, 0.6) is 0 Å². The van der Waals surface area contributed by atoms with Gasteiger partial charge in [-0.15, -0.1) is 0 Å². The fourth-order valence-corrected chi connectivity index (χ4v) is 0.781. The number of oxime groups is 1. The highest BCUT2D eigenvalue weighted by molar-refractivity contribution is 8.00. The molecule has 0 rings (SSSR count). The van der Waals surface area contributed by atoms with Crippen LogP contribution in [0.15, 0.2) is 5.16 Å². The van der Waals surface area contributed by atoms with Gasteiger partial charge in [-0.25, -0.2) is 4.79 Å². The van der Waals surface area contributed by atoms with E-state index in [9.17, 15) is 4.79 Å². The van der Waals surface area contributed by atoms with E-state index in [4.69, 9.17) is 10.3 Å². The molecule has 0 saturated heterocycles. The molecule has 1 unspecified atom stereocenters. The molecule has 0 spiro atoms. The third-order valence-electron chi connectivity index (χ3n) is 1.07. The van der Waals surface area contributed by atoms with Gasteiger partial charge in [0.2, 0.25) is 0 Å². The number of carbonyl (C=O) groups is 1. The summed E-state index contributed by atoms with van der Waals surface area (Å²) >= 11 is 1.31. The van der Waals surface area contributed by atoms with Gasteiger partial charge in [0.1, 0.15) is 0 Å². The summed E-state index contributed by atoms with van der Waals surface area (Å²) in [6.07, 6.45) is 1.75. The highest BCUT2D eigenvalue weighted by atomic mass is 32.2. The summed E-state index contributed by atoms with van der Waals surface area (Å²) in [6.45, 7) is 1.66. The van der Waals surface area contributed by atoms with E-state index in [2.05, 4.69) is 5.16 Å². The maximum absolute atomic E-state index is 10.2. The monoisotopic (exact) mass is 163 g/mol. The second kappa shape index (κ2) is 4.16.